The molecule has 0 spiro atoms. The normalized spacial score (nSPS) is 12.1. The number of benzene rings is 10. The summed E-state index contributed by atoms with van der Waals surface area (Å²) in [6.45, 7) is 0. The molecule has 0 N–H and O–H groups in total. The Balaban J connectivity index is 0.882. The molecular weight excluding hydrogens is 801 g/mol. The summed E-state index contributed by atoms with van der Waals surface area (Å²) in [4.78, 5) is 5.51. The number of rotatable bonds is 4. The number of pyridine rings is 1. The topological polar surface area (TPSA) is 17.3 Å². The molecule has 0 saturated carbocycles. The number of imidazole rings is 1. The molecule has 0 saturated heterocycles. The number of fused-ring (bicyclic) bond motifs is 15. The van der Waals surface area contributed by atoms with Gasteiger partial charge in [0.25, 0.3) is 0 Å². The van der Waals surface area contributed by atoms with Crippen LogP contribution in [0.5, 0.6) is 0 Å². The van der Waals surface area contributed by atoms with Gasteiger partial charge in [-0.15, -0.1) is 22.7 Å². The highest BCUT2D eigenvalue weighted by Gasteiger charge is 2.20. The van der Waals surface area contributed by atoms with E-state index in [1.165, 1.54) is 106 Å². The van der Waals surface area contributed by atoms with Crippen molar-refractivity contribution >= 4 is 112 Å². The summed E-state index contributed by atoms with van der Waals surface area (Å²) in [5.41, 5.74) is 12.9. The van der Waals surface area contributed by atoms with Crippen molar-refractivity contribution in [3.05, 3.63) is 206 Å². The summed E-state index contributed by atoms with van der Waals surface area (Å²) < 4.78 is 7.57. The second kappa shape index (κ2) is 13.4. The van der Waals surface area contributed by atoms with Crippen molar-refractivity contribution in [1.82, 2.24) is 9.38 Å². The number of hydrogen-bond donors (Lipinski definition) is 0. The Morgan fingerprint density at radius 2 is 0.873 bits per heavy atom. The lowest BCUT2D eigenvalue weighted by atomic mass is 9.91. The van der Waals surface area contributed by atoms with Gasteiger partial charge in [0, 0.05) is 41.0 Å². The van der Waals surface area contributed by atoms with E-state index in [-0.39, 0.29) is 0 Å². The standard InChI is InChI=1S/C59H34N2S2/c1-2-11-40-35(10-1)28-29-49-46(40)32-33-52-56(49)60-59-58-51(48-15-6-8-19-55(48)63-58)34-53(61(52)59)39-26-24-37(25-27-39)42-31-30-41(44-12-3-4-13-45(42)44)36-20-22-38(23-21-36)43-16-9-17-50-47-14-5-7-18-54(47)62-57(43)50/h1-34H. The zero-order valence-corrected chi connectivity index (χ0v) is 35.5. The molecule has 14 aromatic rings. The van der Waals surface area contributed by atoms with E-state index in [1.54, 1.807) is 0 Å². The van der Waals surface area contributed by atoms with E-state index < -0.39 is 0 Å². The fourth-order valence-corrected chi connectivity index (χ4v) is 12.6. The fourth-order valence-electron chi connectivity index (χ4n) is 10.2. The van der Waals surface area contributed by atoms with Crippen LogP contribution in [0.25, 0.3) is 134 Å². The molecule has 0 aliphatic carbocycles. The smallest absolute Gasteiger partial charge is 0.156 e. The molecule has 0 unspecified atom stereocenters. The zero-order chi connectivity index (χ0) is 41.2. The van der Waals surface area contributed by atoms with Crippen LogP contribution in [-0.4, -0.2) is 9.38 Å². The Morgan fingerprint density at radius 1 is 0.333 bits per heavy atom. The van der Waals surface area contributed by atoms with E-state index in [9.17, 15) is 0 Å². The van der Waals surface area contributed by atoms with Crippen LogP contribution in [0.3, 0.4) is 0 Å². The molecule has 0 aliphatic heterocycles. The molecule has 0 aliphatic rings. The molecule has 4 aromatic heterocycles. The average Bonchev–Trinajstić information content (AvgIpc) is 4.05. The van der Waals surface area contributed by atoms with Gasteiger partial charge in [-0.3, -0.25) is 4.40 Å². The third-order valence-corrected chi connectivity index (χ3v) is 15.6. The Hall–Kier alpha value is -7.63. The highest BCUT2D eigenvalue weighted by molar-refractivity contribution is 7.26. The third kappa shape index (κ3) is 5.20. The number of nitrogens with zero attached hydrogens (tertiary/aromatic N) is 2. The summed E-state index contributed by atoms with van der Waals surface area (Å²) in [7, 11) is 0. The van der Waals surface area contributed by atoms with Crippen LogP contribution < -0.4 is 0 Å². The van der Waals surface area contributed by atoms with Gasteiger partial charge >= 0.3 is 0 Å². The Bertz CT molecular complexity index is 4190. The minimum atomic E-state index is 1.01. The van der Waals surface area contributed by atoms with Crippen molar-refractivity contribution in [2.24, 2.45) is 0 Å². The minimum absolute atomic E-state index is 1.01. The first-order valence-electron chi connectivity index (χ1n) is 21.4. The lowest BCUT2D eigenvalue weighted by molar-refractivity contribution is 1.25. The largest absolute Gasteiger partial charge is 0.291 e. The lowest BCUT2D eigenvalue weighted by Gasteiger charge is -2.14. The lowest BCUT2D eigenvalue weighted by Crippen LogP contribution is -1.93. The van der Waals surface area contributed by atoms with Gasteiger partial charge in [-0.25, -0.2) is 4.98 Å². The molecule has 0 bridgehead atoms. The zero-order valence-electron chi connectivity index (χ0n) is 33.8. The monoisotopic (exact) mass is 834 g/mol. The molecule has 10 aromatic carbocycles. The summed E-state index contributed by atoms with van der Waals surface area (Å²) in [6, 6.07) is 76.1. The van der Waals surface area contributed by atoms with Crippen molar-refractivity contribution in [3.63, 3.8) is 0 Å². The first kappa shape index (κ1) is 35.0. The molecule has 63 heavy (non-hydrogen) atoms. The van der Waals surface area contributed by atoms with E-state index in [2.05, 4.69) is 211 Å². The van der Waals surface area contributed by atoms with Crippen LogP contribution in [0.1, 0.15) is 0 Å². The Morgan fingerprint density at radius 3 is 1.57 bits per heavy atom. The van der Waals surface area contributed by atoms with Crippen molar-refractivity contribution < 1.29 is 0 Å². The Labute approximate surface area is 370 Å². The number of aromatic nitrogens is 2. The Kier molecular flexibility index (Phi) is 7.47. The van der Waals surface area contributed by atoms with Crippen molar-refractivity contribution in [2.45, 2.75) is 0 Å². The minimum Gasteiger partial charge on any atom is -0.291 e. The average molecular weight is 835 g/mol. The SMILES string of the molecule is c1ccc2c(c1)ccc1c2ccc2c1nc1c3sc4ccccc4c3cc(-c3ccc(-c4ccc(-c5ccc(-c6cccc7c6sc6ccccc67)cc5)c5ccccc45)cc3)n21. The number of thiophene rings is 2. The summed E-state index contributed by atoms with van der Waals surface area (Å²) >= 11 is 3.72. The summed E-state index contributed by atoms with van der Waals surface area (Å²) in [5, 5.41) is 12.6. The van der Waals surface area contributed by atoms with Gasteiger partial charge in [0.1, 0.15) is 0 Å². The van der Waals surface area contributed by atoms with Gasteiger partial charge in [0.05, 0.1) is 21.4 Å². The quantitative estimate of drug-likeness (QED) is 0.161. The van der Waals surface area contributed by atoms with Crippen molar-refractivity contribution in [1.29, 1.82) is 0 Å². The fraction of sp³-hybridized carbons (Fsp3) is 0. The molecule has 2 nitrogen and oxygen atoms in total. The van der Waals surface area contributed by atoms with Crippen LogP contribution in [0, 0.1) is 0 Å². The second-order valence-corrected chi connectivity index (χ2v) is 18.7. The van der Waals surface area contributed by atoms with Crippen molar-refractivity contribution in [3.8, 4) is 44.6 Å². The van der Waals surface area contributed by atoms with Gasteiger partial charge in [0.15, 0.2) is 5.65 Å². The van der Waals surface area contributed by atoms with Crippen LogP contribution in [0.2, 0.25) is 0 Å². The van der Waals surface area contributed by atoms with Crippen LogP contribution in [0.15, 0.2) is 206 Å². The molecule has 0 atom stereocenters. The highest BCUT2D eigenvalue weighted by atomic mass is 32.1. The maximum absolute atomic E-state index is 5.51. The van der Waals surface area contributed by atoms with E-state index in [0.29, 0.717) is 0 Å². The van der Waals surface area contributed by atoms with E-state index >= 15 is 0 Å². The van der Waals surface area contributed by atoms with Gasteiger partial charge < -0.3 is 0 Å². The highest BCUT2D eigenvalue weighted by Crippen LogP contribution is 2.44. The summed E-state index contributed by atoms with van der Waals surface area (Å²) in [5.74, 6) is 0. The molecular formula is C59H34N2S2. The van der Waals surface area contributed by atoms with Gasteiger partial charge in [0.2, 0.25) is 0 Å². The van der Waals surface area contributed by atoms with E-state index in [0.717, 1.165) is 27.9 Å². The van der Waals surface area contributed by atoms with Crippen LogP contribution in [-0.2, 0) is 0 Å². The predicted molar refractivity (Wildman–Crippen MR) is 273 cm³/mol. The van der Waals surface area contributed by atoms with Gasteiger partial charge in [-0.1, -0.05) is 182 Å². The van der Waals surface area contributed by atoms with Crippen LogP contribution >= 0.6 is 22.7 Å². The van der Waals surface area contributed by atoms with E-state index in [1.807, 2.05) is 22.7 Å². The molecule has 4 heteroatoms. The maximum Gasteiger partial charge on any atom is 0.156 e. The summed E-state index contributed by atoms with van der Waals surface area (Å²) in [6.07, 6.45) is 0. The number of hydrogen-bond acceptors (Lipinski definition) is 3. The molecule has 4 heterocycles. The molecule has 0 amide bonds. The molecule has 14 rings (SSSR count). The van der Waals surface area contributed by atoms with E-state index in [4.69, 9.17) is 4.98 Å². The van der Waals surface area contributed by atoms with Crippen LogP contribution in [0.4, 0.5) is 0 Å². The maximum atomic E-state index is 5.51. The third-order valence-electron chi connectivity index (χ3n) is 13.2. The van der Waals surface area contributed by atoms with Gasteiger partial charge in [-0.05, 0) is 90.1 Å². The molecule has 0 fully saturated rings. The predicted octanol–water partition coefficient (Wildman–Crippen LogP) is 17.4. The van der Waals surface area contributed by atoms with Crippen molar-refractivity contribution in [2.75, 3.05) is 0 Å². The second-order valence-electron chi connectivity index (χ2n) is 16.6. The molecule has 292 valence electrons. The van der Waals surface area contributed by atoms with Gasteiger partial charge in [-0.2, -0.15) is 0 Å². The molecule has 0 radical (unpaired) electrons. The first-order valence-corrected chi connectivity index (χ1v) is 23.1. The first-order chi connectivity index (χ1) is 31.2.